The minimum atomic E-state index is -3.84. The summed E-state index contributed by atoms with van der Waals surface area (Å²) < 4.78 is 27.4. The van der Waals surface area contributed by atoms with Gasteiger partial charge < -0.3 is 10.6 Å². The fourth-order valence-corrected chi connectivity index (χ4v) is 3.54. The van der Waals surface area contributed by atoms with E-state index >= 15 is 0 Å². The highest BCUT2D eigenvalue weighted by Crippen LogP contribution is 2.21. The zero-order valence-corrected chi connectivity index (χ0v) is 17.4. The lowest BCUT2D eigenvalue weighted by Gasteiger charge is -2.08. The Morgan fingerprint density at radius 3 is 2.85 bits per heavy atom. The van der Waals surface area contributed by atoms with Gasteiger partial charge in [0.15, 0.2) is 16.6 Å². The van der Waals surface area contributed by atoms with Crippen LogP contribution in [0.1, 0.15) is 5.69 Å². The third-order valence-corrected chi connectivity index (χ3v) is 5.10. The lowest BCUT2D eigenvalue weighted by Crippen LogP contribution is -2.34. The van der Waals surface area contributed by atoms with Crippen LogP contribution in [0, 0.1) is 0 Å². The van der Waals surface area contributed by atoms with Gasteiger partial charge in [-0.1, -0.05) is 33.8 Å². The molecule has 2 aromatic rings. The molecule has 146 valence electrons. The standard InChI is InChI=1S/C14H17BrN6O4S2/c1-17-13(19-10-4-2-3-9(15)7-10)12-14(21-25-20-12)26-6-5-18-11(22)8-27(16,23)24/h2-4,7H,5-6,8H2,1H3,(H,17,19)(H,18,22)(H2,16,23,24). The Labute approximate surface area is 168 Å². The van der Waals surface area contributed by atoms with Gasteiger partial charge in [0.1, 0.15) is 5.75 Å². The topological polar surface area (TPSA) is 153 Å². The maximum atomic E-state index is 11.4. The lowest BCUT2D eigenvalue weighted by atomic mass is 10.3. The van der Waals surface area contributed by atoms with E-state index in [0.717, 1.165) is 10.2 Å². The number of carbonyl (C=O) groups excluding carboxylic acids is 1. The molecule has 0 bridgehead atoms. The SMILES string of the molecule is CN=C(Nc1cccc(Br)c1)c1nonc1SCCNC(=O)CS(N)(=O)=O. The normalized spacial score (nSPS) is 12.0. The number of primary sulfonamides is 1. The predicted molar refractivity (Wildman–Crippen MR) is 106 cm³/mol. The fourth-order valence-electron chi connectivity index (χ4n) is 1.92. The molecule has 1 aromatic carbocycles. The van der Waals surface area contributed by atoms with Gasteiger partial charge in [-0.3, -0.25) is 9.79 Å². The summed E-state index contributed by atoms with van der Waals surface area (Å²) in [6.07, 6.45) is 0. The van der Waals surface area contributed by atoms with Crippen LogP contribution in [-0.4, -0.2) is 55.6 Å². The Bertz CT molecular complexity index is 931. The van der Waals surface area contributed by atoms with Gasteiger partial charge in [-0.2, -0.15) is 0 Å². The third kappa shape index (κ3) is 7.28. The van der Waals surface area contributed by atoms with Crippen molar-refractivity contribution in [2.24, 2.45) is 10.1 Å². The Morgan fingerprint density at radius 2 is 2.19 bits per heavy atom. The molecule has 13 heteroatoms. The zero-order chi connectivity index (χ0) is 19.9. The van der Waals surface area contributed by atoms with Gasteiger partial charge in [0, 0.05) is 29.5 Å². The van der Waals surface area contributed by atoms with Gasteiger partial charge in [-0.25, -0.2) is 18.2 Å². The number of rotatable bonds is 8. The van der Waals surface area contributed by atoms with Crippen molar-refractivity contribution < 1.29 is 17.8 Å². The number of nitrogens with two attached hydrogens (primary N) is 1. The highest BCUT2D eigenvalue weighted by molar-refractivity contribution is 9.10. The first-order valence-corrected chi connectivity index (χ1v) is 11.0. The van der Waals surface area contributed by atoms with E-state index in [1.165, 1.54) is 11.8 Å². The van der Waals surface area contributed by atoms with Crippen molar-refractivity contribution >= 4 is 55.1 Å². The molecule has 2 rings (SSSR count). The molecule has 0 unspecified atom stereocenters. The molecule has 0 aliphatic heterocycles. The number of aromatic nitrogens is 2. The Balaban J connectivity index is 1.93. The van der Waals surface area contributed by atoms with Crippen molar-refractivity contribution in [3.63, 3.8) is 0 Å². The first-order valence-electron chi connectivity index (χ1n) is 7.51. The Kier molecular flexibility index (Phi) is 7.77. The number of nitrogens with zero attached hydrogens (tertiary/aromatic N) is 3. The number of thioether (sulfide) groups is 1. The van der Waals surface area contributed by atoms with Crippen molar-refractivity contribution in [2.45, 2.75) is 5.03 Å². The molecule has 1 heterocycles. The van der Waals surface area contributed by atoms with Crippen LogP contribution in [0.15, 0.2) is 43.4 Å². The average molecular weight is 477 g/mol. The lowest BCUT2D eigenvalue weighted by molar-refractivity contribution is -0.118. The molecule has 0 spiro atoms. The number of benzene rings is 1. The second-order valence-corrected chi connectivity index (χ2v) is 8.74. The van der Waals surface area contributed by atoms with Crippen LogP contribution in [0.2, 0.25) is 0 Å². The van der Waals surface area contributed by atoms with E-state index < -0.39 is 21.7 Å². The van der Waals surface area contributed by atoms with Gasteiger partial charge >= 0.3 is 0 Å². The zero-order valence-electron chi connectivity index (χ0n) is 14.2. The van der Waals surface area contributed by atoms with Gasteiger partial charge in [0.05, 0.1) is 0 Å². The maximum Gasteiger partial charge on any atom is 0.236 e. The van der Waals surface area contributed by atoms with Crippen molar-refractivity contribution in [1.29, 1.82) is 0 Å². The molecule has 0 aliphatic rings. The largest absolute Gasteiger partial charge is 0.354 e. The molecule has 1 aromatic heterocycles. The van der Waals surface area contributed by atoms with Gasteiger partial charge in [0.2, 0.25) is 15.9 Å². The number of amides is 1. The molecule has 0 radical (unpaired) electrons. The van der Waals surface area contributed by atoms with Gasteiger partial charge in [-0.15, -0.1) is 0 Å². The van der Waals surface area contributed by atoms with E-state index in [0.29, 0.717) is 22.3 Å². The number of aliphatic imine (C=N–C) groups is 1. The second kappa shape index (κ2) is 9.82. The van der Waals surface area contributed by atoms with Crippen LogP contribution in [-0.2, 0) is 14.8 Å². The fraction of sp³-hybridized carbons (Fsp3) is 0.286. The van der Waals surface area contributed by atoms with Crippen LogP contribution in [0.25, 0.3) is 0 Å². The minimum absolute atomic E-state index is 0.225. The van der Waals surface area contributed by atoms with Crippen molar-refractivity contribution in [2.75, 3.05) is 30.4 Å². The van der Waals surface area contributed by atoms with Gasteiger partial charge in [-0.05, 0) is 28.5 Å². The highest BCUT2D eigenvalue weighted by Gasteiger charge is 2.17. The quantitative estimate of drug-likeness (QED) is 0.219. The van der Waals surface area contributed by atoms with Crippen LogP contribution >= 0.6 is 27.7 Å². The first-order chi connectivity index (χ1) is 12.8. The van der Waals surface area contributed by atoms with Crippen LogP contribution in [0.3, 0.4) is 0 Å². The Hall–Kier alpha value is -1.96. The number of hydrogen-bond acceptors (Lipinski definition) is 8. The van der Waals surface area contributed by atoms with E-state index in [4.69, 9.17) is 9.77 Å². The molecule has 10 nitrogen and oxygen atoms in total. The van der Waals surface area contributed by atoms with E-state index in [1.54, 1.807) is 7.05 Å². The summed E-state index contributed by atoms with van der Waals surface area (Å²) in [6, 6.07) is 7.53. The monoisotopic (exact) mass is 476 g/mol. The summed E-state index contributed by atoms with van der Waals surface area (Å²) in [5.41, 5.74) is 1.23. The molecule has 0 aliphatic carbocycles. The molecule has 27 heavy (non-hydrogen) atoms. The number of hydrogen-bond donors (Lipinski definition) is 3. The first kappa shape index (κ1) is 21.3. The minimum Gasteiger partial charge on any atom is -0.354 e. The predicted octanol–water partition coefficient (Wildman–Crippen LogP) is 0.817. The van der Waals surface area contributed by atoms with E-state index in [1.807, 2.05) is 24.3 Å². The molecule has 0 saturated heterocycles. The van der Waals surface area contributed by atoms with Crippen molar-refractivity contribution in [3.8, 4) is 0 Å². The summed E-state index contributed by atoms with van der Waals surface area (Å²) in [5.74, 6) is -0.526. The second-order valence-electron chi connectivity index (χ2n) is 5.13. The molecular formula is C14H17BrN6O4S2. The number of nitrogens with one attached hydrogen (secondary N) is 2. The Morgan fingerprint density at radius 1 is 1.41 bits per heavy atom. The molecule has 4 N–H and O–H groups in total. The number of amidine groups is 1. The van der Waals surface area contributed by atoms with Crippen LogP contribution in [0.5, 0.6) is 0 Å². The number of carbonyl (C=O) groups is 1. The molecule has 0 fully saturated rings. The van der Waals surface area contributed by atoms with E-state index in [-0.39, 0.29) is 6.54 Å². The number of anilines is 1. The van der Waals surface area contributed by atoms with Crippen molar-refractivity contribution in [3.05, 3.63) is 34.4 Å². The van der Waals surface area contributed by atoms with Gasteiger partial charge in [0.25, 0.3) is 0 Å². The molecule has 0 atom stereocenters. The molecule has 0 saturated carbocycles. The average Bonchev–Trinajstić information content (AvgIpc) is 3.03. The molecule has 1 amide bonds. The number of halogens is 1. The van der Waals surface area contributed by atoms with E-state index in [9.17, 15) is 13.2 Å². The summed E-state index contributed by atoms with van der Waals surface area (Å²) in [5, 5.41) is 18.6. The summed E-state index contributed by atoms with van der Waals surface area (Å²) in [4.78, 5) is 15.6. The van der Waals surface area contributed by atoms with Crippen LogP contribution < -0.4 is 15.8 Å². The van der Waals surface area contributed by atoms with E-state index in [2.05, 4.69) is 41.9 Å². The third-order valence-electron chi connectivity index (χ3n) is 2.99. The van der Waals surface area contributed by atoms with Crippen LogP contribution in [0.4, 0.5) is 5.69 Å². The summed E-state index contributed by atoms with van der Waals surface area (Å²) in [6.45, 7) is 0.225. The summed E-state index contributed by atoms with van der Waals surface area (Å²) in [7, 11) is -2.23. The maximum absolute atomic E-state index is 11.4. The smallest absolute Gasteiger partial charge is 0.236 e. The number of sulfonamides is 1. The molecular weight excluding hydrogens is 460 g/mol. The van der Waals surface area contributed by atoms with Crippen molar-refractivity contribution in [1.82, 2.24) is 15.6 Å². The highest BCUT2D eigenvalue weighted by atomic mass is 79.9. The summed E-state index contributed by atoms with van der Waals surface area (Å²) >= 11 is 4.68.